The summed E-state index contributed by atoms with van der Waals surface area (Å²) in [4.78, 5) is 21.8. The van der Waals surface area contributed by atoms with Crippen LogP contribution in [0.15, 0.2) is 64.2 Å². The van der Waals surface area contributed by atoms with Crippen molar-refractivity contribution < 1.29 is 14.5 Å². The molecule has 0 saturated carbocycles. The minimum absolute atomic E-state index is 0.106. The zero-order chi connectivity index (χ0) is 18.1. The van der Waals surface area contributed by atoms with E-state index in [1.807, 2.05) is 36.4 Å². The molecule has 2 aromatic rings. The highest BCUT2D eigenvalue weighted by Crippen LogP contribution is 2.18. The number of non-ortho nitro benzene ring substituents is 1. The van der Waals surface area contributed by atoms with Gasteiger partial charge < -0.3 is 4.74 Å². The fourth-order valence-corrected chi connectivity index (χ4v) is 2.15. The Hall–Kier alpha value is -3.00. The highest BCUT2D eigenvalue weighted by atomic mass is 79.9. The third-order valence-corrected chi connectivity index (χ3v) is 3.31. The van der Waals surface area contributed by atoms with Crippen LogP contribution < -0.4 is 10.2 Å². The summed E-state index contributed by atoms with van der Waals surface area (Å²) in [6.45, 7) is -0.307. The number of hydrogen-bond acceptors (Lipinski definition) is 5. The van der Waals surface area contributed by atoms with Gasteiger partial charge in [-0.25, -0.2) is 5.43 Å². The van der Waals surface area contributed by atoms with Gasteiger partial charge in [-0.05, 0) is 33.6 Å². The largest absolute Gasteiger partial charge is 0.483 e. The van der Waals surface area contributed by atoms with Gasteiger partial charge in [0.1, 0.15) is 5.75 Å². The average molecular weight is 404 g/mol. The number of rotatable bonds is 7. The van der Waals surface area contributed by atoms with Gasteiger partial charge in [0.25, 0.3) is 11.6 Å². The third-order valence-electron chi connectivity index (χ3n) is 2.88. The Labute approximate surface area is 152 Å². The summed E-state index contributed by atoms with van der Waals surface area (Å²) in [6, 6.07) is 15.2. The molecular formula is C17H14BrN3O4. The summed E-state index contributed by atoms with van der Waals surface area (Å²) in [5, 5.41) is 14.5. The average Bonchev–Trinajstić information content (AvgIpc) is 2.61. The second kappa shape index (κ2) is 9.33. The highest BCUT2D eigenvalue weighted by molar-refractivity contribution is 9.12. The Bertz CT molecular complexity index is 807. The van der Waals surface area contributed by atoms with Crippen molar-refractivity contribution >= 4 is 39.8 Å². The molecule has 8 heteroatoms. The maximum Gasteiger partial charge on any atom is 0.277 e. The third kappa shape index (κ3) is 6.56. The van der Waals surface area contributed by atoms with Crippen LogP contribution in [0.4, 0.5) is 5.69 Å². The predicted molar refractivity (Wildman–Crippen MR) is 98.6 cm³/mol. The molecule has 0 aromatic heterocycles. The van der Waals surface area contributed by atoms with Crippen molar-refractivity contribution in [2.45, 2.75) is 0 Å². The summed E-state index contributed by atoms with van der Waals surface area (Å²) in [6.07, 6.45) is 3.29. The second-order valence-electron chi connectivity index (χ2n) is 4.78. The number of benzene rings is 2. The first-order chi connectivity index (χ1) is 12.0. The van der Waals surface area contributed by atoms with Gasteiger partial charge in [0, 0.05) is 10.5 Å². The predicted octanol–water partition coefficient (Wildman–Crippen LogP) is 3.51. The molecule has 0 fully saturated rings. The zero-order valence-electron chi connectivity index (χ0n) is 13.0. The maximum atomic E-state index is 11.7. The van der Waals surface area contributed by atoms with Gasteiger partial charge in [-0.1, -0.05) is 36.4 Å². The molecule has 2 aromatic carbocycles. The monoisotopic (exact) mass is 403 g/mol. The number of ether oxygens (including phenoxy) is 1. The van der Waals surface area contributed by atoms with Crippen molar-refractivity contribution in [3.63, 3.8) is 0 Å². The molecule has 0 bridgehead atoms. The smallest absolute Gasteiger partial charge is 0.277 e. The Morgan fingerprint density at radius 3 is 2.72 bits per heavy atom. The normalized spacial score (nSPS) is 11.3. The van der Waals surface area contributed by atoms with E-state index in [2.05, 4.69) is 26.5 Å². The number of nitro benzene ring substituents is 1. The molecule has 0 atom stereocenters. The molecular weight excluding hydrogens is 390 g/mol. The van der Waals surface area contributed by atoms with Crippen molar-refractivity contribution in [3.8, 4) is 5.75 Å². The number of hydrazone groups is 1. The summed E-state index contributed by atoms with van der Waals surface area (Å²) < 4.78 is 5.87. The summed E-state index contributed by atoms with van der Waals surface area (Å²) in [7, 11) is 0. The van der Waals surface area contributed by atoms with E-state index < -0.39 is 10.8 Å². The van der Waals surface area contributed by atoms with Crippen molar-refractivity contribution in [1.29, 1.82) is 0 Å². The second-order valence-corrected chi connectivity index (χ2v) is 5.69. The minimum atomic E-state index is -0.534. The number of nitro groups is 1. The number of nitrogens with one attached hydrogen (secondary N) is 1. The molecule has 0 radical (unpaired) electrons. The van der Waals surface area contributed by atoms with Gasteiger partial charge in [-0.3, -0.25) is 14.9 Å². The first-order valence-electron chi connectivity index (χ1n) is 7.16. The highest BCUT2D eigenvalue weighted by Gasteiger charge is 2.07. The molecule has 7 nitrogen and oxygen atoms in total. The van der Waals surface area contributed by atoms with Crippen LogP contribution in [0.5, 0.6) is 5.75 Å². The van der Waals surface area contributed by atoms with Crippen molar-refractivity contribution in [1.82, 2.24) is 5.43 Å². The Morgan fingerprint density at radius 1 is 1.24 bits per heavy atom. The lowest BCUT2D eigenvalue weighted by Gasteiger charge is -2.04. The molecule has 0 heterocycles. The number of halogens is 1. The molecule has 0 unspecified atom stereocenters. The van der Waals surface area contributed by atoms with Crippen molar-refractivity contribution in [2.24, 2.45) is 5.10 Å². The molecule has 0 aliphatic heterocycles. The number of amides is 1. The molecule has 128 valence electrons. The number of carbonyl (C=O) groups excluding carboxylic acids is 1. The van der Waals surface area contributed by atoms with E-state index in [1.54, 1.807) is 0 Å². The molecule has 0 aliphatic rings. The van der Waals surface area contributed by atoms with Gasteiger partial charge in [0.05, 0.1) is 17.2 Å². The SMILES string of the molecule is O=C(COc1cccc([N+](=O)[O-])c1)NN=CC(Br)=Cc1ccccc1. The van der Waals surface area contributed by atoms with E-state index in [0.717, 1.165) is 5.56 Å². The fraction of sp³-hybridized carbons (Fsp3) is 0.0588. The molecule has 0 saturated heterocycles. The Balaban J connectivity index is 1.81. The van der Waals surface area contributed by atoms with Crippen LogP contribution >= 0.6 is 15.9 Å². The van der Waals surface area contributed by atoms with Crippen LogP contribution in [0.1, 0.15) is 5.56 Å². The van der Waals surface area contributed by atoms with Gasteiger partial charge in [-0.15, -0.1) is 0 Å². The molecule has 2 rings (SSSR count). The molecule has 0 aliphatic carbocycles. The molecule has 25 heavy (non-hydrogen) atoms. The first-order valence-corrected chi connectivity index (χ1v) is 7.95. The maximum absolute atomic E-state index is 11.7. The van der Waals surface area contributed by atoms with Gasteiger partial charge in [0.2, 0.25) is 0 Å². The van der Waals surface area contributed by atoms with E-state index >= 15 is 0 Å². The number of hydrogen-bond donors (Lipinski definition) is 1. The topological polar surface area (TPSA) is 93.8 Å². The van der Waals surface area contributed by atoms with E-state index in [0.29, 0.717) is 4.48 Å². The van der Waals surface area contributed by atoms with Gasteiger partial charge in [-0.2, -0.15) is 5.10 Å². The van der Waals surface area contributed by atoms with Crippen LogP contribution in [0.2, 0.25) is 0 Å². The lowest BCUT2D eigenvalue weighted by Crippen LogP contribution is -2.24. The van der Waals surface area contributed by atoms with Crippen LogP contribution in [-0.2, 0) is 4.79 Å². The van der Waals surface area contributed by atoms with E-state index in [1.165, 1.54) is 30.5 Å². The standard InChI is InChI=1S/C17H14BrN3O4/c18-14(9-13-5-2-1-3-6-13)11-19-20-17(22)12-25-16-8-4-7-15(10-16)21(23)24/h1-11H,12H2,(H,20,22). The molecule has 1 N–H and O–H groups in total. The van der Waals surface area contributed by atoms with Crippen LogP contribution in [-0.4, -0.2) is 23.7 Å². The molecule has 0 spiro atoms. The first kappa shape index (κ1) is 18.3. The lowest BCUT2D eigenvalue weighted by atomic mass is 10.2. The quantitative estimate of drug-likeness (QED) is 0.434. The Morgan fingerprint density at radius 2 is 2.00 bits per heavy atom. The summed E-state index contributed by atoms with van der Waals surface area (Å²) in [5.74, 6) is -0.249. The summed E-state index contributed by atoms with van der Waals surface area (Å²) in [5.41, 5.74) is 3.19. The van der Waals surface area contributed by atoms with Gasteiger partial charge >= 0.3 is 0 Å². The number of allylic oxidation sites excluding steroid dienone is 1. The van der Waals surface area contributed by atoms with Crippen molar-refractivity contribution in [2.75, 3.05) is 6.61 Å². The number of nitrogens with zero attached hydrogens (tertiary/aromatic N) is 2. The van der Waals surface area contributed by atoms with Crippen LogP contribution in [0, 0.1) is 10.1 Å². The van der Waals surface area contributed by atoms with Crippen LogP contribution in [0.25, 0.3) is 6.08 Å². The summed E-state index contributed by atoms with van der Waals surface area (Å²) >= 11 is 3.33. The van der Waals surface area contributed by atoms with E-state index in [4.69, 9.17) is 4.74 Å². The molecule has 1 amide bonds. The van der Waals surface area contributed by atoms with Gasteiger partial charge in [0.15, 0.2) is 6.61 Å². The fourth-order valence-electron chi connectivity index (χ4n) is 1.78. The minimum Gasteiger partial charge on any atom is -0.483 e. The van der Waals surface area contributed by atoms with Crippen molar-refractivity contribution in [3.05, 3.63) is 74.8 Å². The zero-order valence-corrected chi connectivity index (χ0v) is 14.5. The van der Waals surface area contributed by atoms with E-state index in [-0.39, 0.29) is 18.0 Å². The number of carbonyl (C=O) groups is 1. The lowest BCUT2D eigenvalue weighted by molar-refractivity contribution is -0.384. The van der Waals surface area contributed by atoms with E-state index in [9.17, 15) is 14.9 Å². The Kier molecular flexibility index (Phi) is 6.85. The van der Waals surface area contributed by atoms with Crippen LogP contribution in [0.3, 0.4) is 0 Å².